The third kappa shape index (κ3) is 3.05. The summed E-state index contributed by atoms with van der Waals surface area (Å²) in [5, 5.41) is 4.46. The summed E-state index contributed by atoms with van der Waals surface area (Å²) >= 11 is 5.91. The van der Waals surface area contributed by atoms with Crippen LogP contribution in [0.1, 0.15) is 29.5 Å². The molecule has 1 N–H and O–H groups in total. The second-order valence-electron chi connectivity index (χ2n) is 5.74. The van der Waals surface area contributed by atoms with Crippen molar-refractivity contribution in [1.82, 2.24) is 5.32 Å². The quantitative estimate of drug-likeness (QED) is 0.868. The topological polar surface area (TPSA) is 12.0 Å². The van der Waals surface area contributed by atoms with Gasteiger partial charge < -0.3 is 5.32 Å². The molecule has 0 saturated heterocycles. The second kappa shape index (κ2) is 5.99. The predicted octanol–water partition coefficient (Wildman–Crippen LogP) is 4.20. The van der Waals surface area contributed by atoms with E-state index in [1.807, 2.05) is 12.1 Å². The molecule has 0 radical (unpaired) electrons. The summed E-state index contributed by atoms with van der Waals surface area (Å²) in [4.78, 5) is 0. The zero-order chi connectivity index (χ0) is 13.9. The summed E-state index contributed by atoms with van der Waals surface area (Å²) in [5.74, 6) is 0.693. The molecule has 3 rings (SSSR count). The number of halogens is 1. The number of nitrogens with one attached hydrogen (secondary N) is 1. The van der Waals surface area contributed by atoms with E-state index >= 15 is 0 Å². The van der Waals surface area contributed by atoms with E-state index in [2.05, 4.69) is 48.6 Å². The first-order valence-electron chi connectivity index (χ1n) is 7.28. The molecule has 2 aromatic carbocycles. The molecule has 0 saturated carbocycles. The summed E-state index contributed by atoms with van der Waals surface area (Å²) in [5.41, 5.74) is 4.38. The van der Waals surface area contributed by atoms with Crippen molar-refractivity contribution >= 4 is 11.6 Å². The highest BCUT2D eigenvalue weighted by Crippen LogP contribution is 2.34. The molecule has 2 heteroatoms. The Morgan fingerprint density at radius 1 is 1.15 bits per heavy atom. The zero-order valence-electron chi connectivity index (χ0n) is 11.8. The van der Waals surface area contributed by atoms with E-state index in [-0.39, 0.29) is 0 Å². The average molecular weight is 286 g/mol. The van der Waals surface area contributed by atoms with Crippen LogP contribution >= 0.6 is 11.6 Å². The van der Waals surface area contributed by atoms with Gasteiger partial charge in [-0.15, -0.1) is 0 Å². The lowest BCUT2D eigenvalue weighted by atomic mass is 9.77. The van der Waals surface area contributed by atoms with Crippen LogP contribution in [0.3, 0.4) is 0 Å². The summed E-state index contributed by atoms with van der Waals surface area (Å²) in [6.07, 6.45) is 2.27. The van der Waals surface area contributed by atoms with Gasteiger partial charge in [0.25, 0.3) is 0 Å². The molecule has 2 unspecified atom stereocenters. The highest BCUT2D eigenvalue weighted by Gasteiger charge is 2.25. The van der Waals surface area contributed by atoms with Crippen molar-refractivity contribution in [2.45, 2.75) is 31.7 Å². The molecule has 0 amide bonds. The maximum absolute atomic E-state index is 5.91. The lowest BCUT2D eigenvalue weighted by Gasteiger charge is -2.31. The Morgan fingerprint density at radius 3 is 2.65 bits per heavy atom. The molecular formula is C18H20ClN. The summed E-state index contributed by atoms with van der Waals surface area (Å²) < 4.78 is 0. The first-order chi connectivity index (χ1) is 9.72. The highest BCUT2D eigenvalue weighted by molar-refractivity contribution is 6.30. The van der Waals surface area contributed by atoms with Crippen LogP contribution in [0.2, 0.25) is 5.02 Å². The Kier molecular flexibility index (Phi) is 4.09. The van der Waals surface area contributed by atoms with Crippen LogP contribution in [0, 0.1) is 0 Å². The van der Waals surface area contributed by atoms with Crippen LogP contribution < -0.4 is 5.32 Å². The van der Waals surface area contributed by atoms with Crippen LogP contribution in [0.15, 0.2) is 48.5 Å². The van der Waals surface area contributed by atoms with Crippen molar-refractivity contribution in [3.05, 3.63) is 70.2 Å². The zero-order valence-corrected chi connectivity index (χ0v) is 12.5. The molecule has 104 valence electrons. The maximum atomic E-state index is 5.91. The minimum Gasteiger partial charge on any atom is -0.313 e. The largest absolute Gasteiger partial charge is 0.313 e. The molecule has 1 nitrogen and oxygen atoms in total. The van der Waals surface area contributed by atoms with Crippen molar-refractivity contribution in [2.24, 2.45) is 0 Å². The molecule has 0 fully saturated rings. The van der Waals surface area contributed by atoms with Gasteiger partial charge in [0, 0.05) is 23.5 Å². The van der Waals surface area contributed by atoms with E-state index in [0.717, 1.165) is 18.0 Å². The second-order valence-corrected chi connectivity index (χ2v) is 6.18. The number of hydrogen-bond donors (Lipinski definition) is 1. The Morgan fingerprint density at radius 2 is 1.90 bits per heavy atom. The normalized spacial score (nSPS) is 18.2. The fraction of sp³-hybridized carbons (Fsp3) is 0.333. The average Bonchev–Trinajstić information content (AvgIpc) is 2.42. The van der Waals surface area contributed by atoms with Crippen molar-refractivity contribution < 1.29 is 0 Å². The SMILES string of the molecule is CC(Cc1ccc(Cl)cc1)NCC1Cc2ccccc21. The Balaban J connectivity index is 1.49. The fourth-order valence-electron chi connectivity index (χ4n) is 2.93. The third-order valence-electron chi connectivity index (χ3n) is 4.13. The molecule has 1 aliphatic rings. The smallest absolute Gasteiger partial charge is 0.0406 e. The number of benzene rings is 2. The van der Waals surface area contributed by atoms with E-state index in [1.54, 1.807) is 0 Å². The van der Waals surface area contributed by atoms with Crippen molar-refractivity contribution in [3.8, 4) is 0 Å². The van der Waals surface area contributed by atoms with E-state index < -0.39 is 0 Å². The van der Waals surface area contributed by atoms with Crippen LogP contribution in [-0.2, 0) is 12.8 Å². The highest BCUT2D eigenvalue weighted by atomic mass is 35.5. The van der Waals surface area contributed by atoms with E-state index in [1.165, 1.54) is 23.1 Å². The van der Waals surface area contributed by atoms with Gasteiger partial charge in [-0.3, -0.25) is 0 Å². The Bertz CT molecular complexity index is 576. The summed E-state index contributed by atoms with van der Waals surface area (Å²) in [6, 6.07) is 17.4. The minimum absolute atomic E-state index is 0.490. The molecule has 1 aliphatic carbocycles. The van der Waals surface area contributed by atoms with Crippen LogP contribution in [-0.4, -0.2) is 12.6 Å². The molecule has 0 bridgehead atoms. The van der Waals surface area contributed by atoms with E-state index in [4.69, 9.17) is 11.6 Å². The van der Waals surface area contributed by atoms with Crippen molar-refractivity contribution in [3.63, 3.8) is 0 Å². The van der Waals surface area contributed by atoms with Gasteiger partial charge in [-0.05, 0) is 48.6 Å². The Labute approximate surface area is 126 Å². The van der Waals surface area contributed by atoms with E-state index in [0.29, 0.717) is 12.0 Å². The van der Waals surface area contributed by atoms with Gasteiger partial charge in [0.2, 0.25) is 0 Å². The monoisotopic (exact) mass is 285 g/mol. The molecule has 2 atom stereocenters. The fourth-order valence-corrected chi connectivity index (χ4v) is 3.06. The van der Waals surface area contributed by atoms with Gasteiger partial charge in [-0.25, -0.2) is 0 Å². The lowest BCUT2D eigenvalue weighted by molar-refractivity contribution is 0.477. The van der Waals surface area contributed by atoms with Crippen molar-refractivity contribution in [1.29, 1.82) is 0 Å². The summed E-state index contributed by atoms with van der Waals surface area (Å²) in [6.45, 7) is 3.32. The number of rotatable bonds is 5. The Hall–Kier alpha value is -1.31. The molecule has 0 heterocycles. The van der Waals surface area contributed by atoms with Gasteiger partial charge in [0.15, 0.2) is 0 Å². The van der Waals surface area contributed by atoms with Crippen LogP contribution in [0.5, 0.6) is 0 Å². The van der Waals surface area contributed by atoms with Crippen LogP contribution in [0.25, 0.3) is 0 Å². The van der Waals surface area contributed by atoms with E-state index in [9.17, 15) is 0 Å². The molecule has 2 aromatic rings. The molecular weight excluding hydrogens is 266 g/mol. The molecule has 0 aromatic heterocycles. The first kappa shape index (κ1) is 13.7. The van der Waals surface area contributed by atoms with Gasteiger partial charge in [0.1, 0.15) is 0 Å². The lowest BCUT2D eigenvalue weighted by Crippen LogP contribution is -2.35. The van der Waals surface area contributed by atoms with Gasteiger partial charge in [-0.2, -0.15) is 0 Å². The molecule has 20 heavy (non-hydrogen) atoms. The van der Waals surface area contributed by atoms with Gasteiger partial charge in [-0.1, -0.05) is 48.0 Å². The van der Waals surface area contributed by atoms with Crippen molar-refractivity contribution in [2.75, 3.05) is 6.54 Å². The predicted molar refractivity (Wildman–Crippen MR) is 85.5 cm³/mol. The standard InChI is InChI=1S/C18H20ClN/c1-13(10-14-6-8-17(19)9-7-14)20-12-16-11-15-4-2-3-5-18(15)16/h2-9,13,16,20H,10-12H2,1H3. The number of hydrogen-bond acceptors (Lipinski definition) is 1. The minimum atomic E-state index is 0.490. The first-order valence-corrected chi connectivity index (χ1v) is 7.66. The molecule has 0 spiro atoms. The van der Waals surface area contributed by atoms with Gasteiger partial charge >= 0.3 is 0 Å². The van der Waals surface area contributed by atoms with Gasteiger partial charge in [0.05, 0.1) is 0 Å². The number of fused-ring (bicyclic) bond motifs is 1. The third-order valence-corrected chi connectivity index (χ3v) is 4.38. The summed E-state index contributed by atoms with van der Waals surface area (Å²) in [7, 11) is 0. The van der Waals surface area contributed by atoms with Crippen LogP contribution in [0.4, 0.5) is 0 Å². The molecule has 0 aliphatic heterocycles. The maximum Gasteiger partial charge on any atom is 0.0406 e.